The Morgan fingerprint density at radius 1 is 1.23 bits per heavy atom. The maximum atomic E-state index is 12.9. The molecule has 0 radical (unpaired) electrons. The number of primary amides is 1. The van der Waals surface area contributed by atoms with Gasteiger partial charge >= 0.3 is 6.18 Å². The van der Waals surface area contributed by atoms with E-state index in [-0.39, 0.29) is 28.7 Å². The Bertz CT molecular complexity index is 950. The molecule has 2 aromatic rings. The molecule has 0 aromatic carbocycles. The van der Waals surface area contributed by atoms with Crippen LogP contribution < -0.4 is 15.4 Å². The fraction of sp³-hybridized carbons (Fsp3) is 0.400. The van der Waals surface area contributed by atoms with E-state index in [2.05, 4.69) is 14.7 Å². The number of carbonyl (C=O) groups excluding carboxylic acids is 2. The second-order valence-corrected chi connectivity index (χ2v) is 7.10. The summed E-state index contributed by atoms with van der Waals surface area (Å²) in [5, 5.41) is 9.56. The van der Waals surface area contributed by atoms with E-state index >= 15 is 0 Å². The lowest BCUT2D eigenvalue weighted by Gasteiger charge is -2.30. The number of ether oxygens (including phenoxy) is 1. The Labute approximate surface area is 176 Å². The maximum Gasteiger partial charge on any atom is 0.422 e. The van der Waals surface area contributed by atoms with Crippen molar-refractivity contribution in [2.45, 2.75) is 39.6 Å². The SMILES string of the molecule is CC(C)C(=O)N(c1cc(C(N)=O)ccn1)C(C)c1cnc(OCC(F)(F)F)c(CO)c1. The van der Waals surface area contributed by atoms with E-state index in [0.717, 1.165) is 0 Å². The van der Waals surface area contributed by atoms with Crippen molar-refractivity contribution in [3.63, 3.8) is 0 Å². The van der Waals surface area contributed by atoms with Crippen LogP contribution in [0.1, 0.15) is 48.3 Å². The third-order valence-electron chi connectivity index (χ3n) is 4.37. The normalized spacial score (nSPS) is 12.5. The second-order valence-electron chi connectivity index (χ2n) is 7.10. The van der Waals surface area contributed by atoms with E-state index in [1.807, 2.05) is 0 Å². The highest BCUT2D eigenvalue weighted by molar-refractivity contribution is 5.97. The number of aromatic nitrogens is 2. The van der Waals surface area contributed by atoms with Gasteiger partial charge in [0.15, 0.2) is 6.61 Å². The summed E-state index contributed by atoms with van der Waals surface area (Å²) >= 11 is 0. The Balaban J connectivity index is 2.45. The van der Waals surface area contributed by atoms with Gasteiger partial charge in [-0.1, -0.05) is 13.8 Å². The minimum atomic E-state index is -4.56. The number of rotatable bonds is 8. The number of hydrogen-bond acceptors (Lipinski definition) is 6. The lowest BCUT2D eigenvalue weighted by Crippen LogP contribution is -2.37. The van der Waals surface area contributed by atoms with Gasteiger partial charge in [-0.3, -0.25) is 14.5 Å². The predicted octanol–water partition coefficient (Wildman–Crippen LogP) is 2.76. The summed E-state index contributed by atoms with van der Waals surface area (Å²) in [6.07, 6.45) is -1.96. The van der Waals surface area contributed by atoms with Gasteiger partial charge < -0.3 is 15.6 Å². The van der Waals surface area contributed by atoms with Crippen LogP contribution in [-0.2, 0) is 11.4 Å². The lowest BCUT2D eigenvalue weighted by atomic mass is 10.0. The Morgan fingerprint density at radius 3 is 2.45 bits per heavy atom. The number of nitrogens with two attached hydrogens (primary N) is 1. The molecule has 2 rings (SSSR count). The molecule has 11 heteroatoms. The summed E-state index contributed by atoms with van der Waals surface area (Å²) in [4.78, 5) is 33.8. The highest BCUT2D eigenvalue weighted by Gasteiger charge is 2.30. The molecule has 2 amide bonds. The first-order valence-corrected chi connectivity index (χ1v) is 9.32. The molecule has 0 saturated carbocycles. The van der Waals surface area contributed by atoms with Crippen LogP contribution in [0.4, 0.5) is 19.0 Å². The number of pyridine rings is 2. The van der Waals surface area contributed by atoms with Crippen LogP contribution in [0.25, 0.3) is 0 Å². The lowest BCUT2D eigenvalue weighted by molar-refractivity contribution is -0.154. The van der Waals surface area contributed by atoms with Gasteiger partial charge in [0.1, 0.15) is 5.82 Å². The van der Waals surface area contributed by atoms with Crippen LogP contribution in [0.3, 0.4) is 0 Å². The molecule has 168 valence electrons. The molecule has 0 aliphatic heterocycles. The largest absolute Gasteiger partial charge is 0.468 e. The average molecular weight is 440 g/mol. The number of hydrogen-bond donors (Lipinski definition) is 2. The zero-order valence-electron chi connectivity index (χ0n) is 17.2. The van der Waals surface area contributed by atoms with Gasteiger partial charge in [0.25, 0.3) is 0 Å². The number of halogens is 3. The monoisotopic (exact) mass is 440 g/mol. The van der Waals surface area contributed by atoms with Crippen molar-refractivity contribution in [2.24, 2.45) is 11.7 Å². The molecule has 0 aliphatic rings. The molecule has 31 heavy (non-hydrogen) atoms. The highest BCUT2D eigenvalue weighted by Crippen LogP contribution is 2.30. The molecule has 0 spiro atoms. The zero-order valence-corrected chi connectivity index (χ0v) is 17.2. The third-order valence-corrected chi connectivity index (χ3v) is 4.37. The van der Waals surface area contributed by atoms with Gasteiger partial charge in [-0.05, 0) is 30.7 Å². The fourth-order valence-corrected chi connectivity index (χ4v) is 2.77. The molecule has 0 saturated heterocycles. The summed E-state index contributed by atoms with van der Waals surface area (Å²) in [7, 11) is 0. The first kappa shape index (κ1) is 24.1. The molecule has 0 fully saturated rings. The van der Waals surface area contributed by atoms with Crippen molar-refractivity contribution >= 4 is 17.6 Å². The standard InChI is InChI=1S/C20H23F3N4O4/c1-11(2)19(30)27(16-7-13(17(24)29)4-5-25-16)12(3)14-6-15(9-28)18(26-8-14)31-10-20(21,22)23/h4-8,11-12,28H,9-10H2,1-3H3,(H2,24,29). The Morgan fingerprint density at radius 2 is 1.90 bits per heavy atom. The van der Waals surface area contributed by atoms with Gasteiger partial charge in [0, 0.05) is 29.4 Å². The number of aliphatic hydroxyl groups excluding tert-OH is 1. The summed E-state index contributed by atoms with van der Waals surface area (Å²) in [6.45, 7) is 2.86. The van der Waals surface area contributed by atoms with Gasteiger partial charge in [-0.25, -0.2) is 9.97 Å². The van der Waals surface area contributed by atoms with E-state index < -0.39 is 37.3 Å². The molecule has 0 aliphatic carbocycles. The summed E-state index contributed by atoms with van der Waals surface area (Å²) in [5.41, 5.74) is 5.93. The van der Waals surface area contributed by atoms with E-state index in [9.17, 15) is 27.9 Å². The number of anilines is 1. The molecule has 3 N–H and O–H groups in total. The minimum absolute atomic E-state index is 0.0318. The van der Waals surface area contributed by atoms with Crippen LogP contribution in [0, 0.1) is 5.92 Å². The number of alkyl halides is 3. The molecule has 1 atom stereocenters. The van der Waals surface area contributed by atoms with Crippen LogP contribution in [-0.4, -0.2) is 39.7 Å². The minimum Gasteiger partial charge on any atom is -0.468 e. The number of amides is 2. The van der Waals surface area contributed by atoms with E-state index in [0.29, 0.717) is 5.56 Å². The van der Waals surface area contributed by atoms with Crippen LogP contribution in [0.15, 0.2) is 30.6 Å². The molecule has 0 bridgehead atoms. The third kappa shape index (κ3) is 6.14. The van der Waals surface area contributed by atoms with Crippen molar-refractivity contribution in [3.8, 4) is 5.88 Å². The topological polar surface area (TPSA) is 119 Å². The quantitative estimate of drug-likeness (QED) is 0.652. The molecule has 2 heterocycles. The second kappa shape index (κ2) is 9.73. The first-order chi connectivity index (χ1) is 14.4. The van der Waals surface area contributed by atoms with Crippen molar-refractivity contribution in [1.82, 2.24) is 9.97 Å². The molecular weight excluding hydrogens is 417 g/mol. The smallest absolute Gasteiger partial charge is 0.422 e. The highest BCUT2D eigenvalue weighted by atomic mass is 19.4. The summed E-state index contributed by atoms with van der Waals surface area (Å²) < 4.78 is 42.0. The van der Waals surface area contributed by atoms with Gasteiger partial charge in [0.05, 0.1) is 12.6 Å². The van der Waals surface area contributed by atoms with Gasteiger partial charge in [-0.2, -0.15) is 13.2 Å². The van der Waals surface area contributed by atoms with E-state index in [1.54, 1.807) is 20.8 Å². The van der Waals surface area contributed by atoms with E-state index in [1.165, 1.54) is 35.5 Å². The molecule has 1 unspecified atom stereocenters. The van der Waals surface area contributed by atoms with E-state index in [4.69, 9.17) is 5.73 Å². The summed E-state index contributed by atoms with van der Waals surface area (Å²) in [5.74, 6) is -1.62. The molecule has 2 aromatic heterocycles. The maximum absolute atomic E-state index is 12.9. The van der Waals surface area contributed by atoms with Gasteiger partial charge in [-0.15, -0.1) is 0 Å². The first-order valence-electron chi connectivity index (χ1n) is 9.32. The van der Waals surface area contributed by atoms with Crippen LogP contribution >= 0.6 is 0 Å². The Hall–Kier alpha value is -3.21. The average Bonchev–Trinajstić information content (AvgIpc) is 2.71. The van der Waals surface area contributed by atoms with Crippen molar-refractivity contribution in [3.05, 3.63) is 47.3 Å². The summed E-state index contributed by atoms with van der Waals surface area (Å²) in [6, 6.07) is 3.51. The van der Waals surface area contributed by atoms with Crippen molar-refractivity contribution in [2.75, 3.05) is 11.5 Å². The number of carbonyl (C=O) groups is 2. The molecule has 8 nitrogen and oxygen atoms in total. The number of nitrogens with zero attached hydrogens (tertiary/aromatic N) is 3. The fourth-order valence-electron chi connectivity index (χ4n) is 2.77. The van der Waals surface area contributed by atoms with Crippen LogP contribution in [0.5, 0.6) is 5.88 Å². The van der Waals surface area contributed by atoms with Crippen LogP contribution in [0.2, 0.25) is 0 Å². The zero-order chi connectivity index (χ0) is 23.3. The van der Waals surface area contributed by atoms with Gasteiger partial charge in [0.2, 0.25) is 17.7 Å². The predicted molar refractivity (Wildman–Crippen MR) is 105 cm³/mol. The number of aliphatic hydroxyl groups is 1. The van der Waals surface area contributed by atoms with Crippen molar-refractivity contribution < 1.29 is 32.6 Å². The Kier molecular flexibility index (Phi) is 7.55. The van der Waals surface area contributed by atoms with Crippen molar-refractivity contribution in [1.29, 1.82) is 0 Å². The molecular formula is C20H23F3N4O4.